The lowest BCUT2D eigenvalue weighted by Crippen LogP contribution is -2.27. The zero-order chi connectivity index (χ0) is 12.3. The van der Waals surface area contributed by atoms with E-state index in [4.69, 9.17) is 15.2 Å². The number of benzene rings is 1. The van der Waals surface area contributed by atoms with Gasteiger partial charge in [0.15, 0.2) is 0 Å². The van der Waals surface area contributed by atoms with Crippen LogP contribution in [0.4, 0.5) is 0 Å². The predicted molar refractivity (Wildman–Crippen MR) is 71.2 cm³/mol. The van der Waals surface area contributed by atoms with Gasteiger partial charge in [-0.15, -0.1) is 0 Å². The zero-order valence-corrected chi connectivity index (χ0v) is 11.6. The Morgan fingerprint density at radius 1 is 1.41 bits per heavy atom. The smallest absolute Gasteiger partial charge is 0.133 e. The molecule has 1 saturated heterocycles. The number of rotatable bonds is 3. The van der Waals surface area contributed by atoms with Crippen molar-refractivity contribution in [2.45, 2.75) is 18.9 Å². The summed E-state index contributed by atoms with van der Waals surface area (Å²) in [7, 11) is 1.66. The lowest BCUT2D eigenvalue weighted by molar-refractivity contribution is 0.0583. The minimum absolute atomic E-state index is 0.0844. The fourth-order valence-electron chi connectivity index (χ4n) is 2.24. The lowest BCUT2D eigenvalue weighted by Gasteiger charge is -2.28. The summed E-state index contributed by atoms with van der Waals surface area (Å²) in [5.74, 6) is 1.36. The summed E-state index contributed by atoms with van der Waals surface area (Å²) in [5.41, 5.74) is 7.47. The van der Waals surface area contributed by atoms with E-state index < -0.39 is 0 Å². The van der Waals surface area contributed by atoms with Crippen molar-refractivity contribution < 1.29 is 9.47 Å². The van der Waals surface area contributed by atoms with E-state index in [1.165, 1.54) is 0 Å². The summed E-state index contributed by atoms with van der Waals surface area (Å²) in [6, 6.07) is 6.14. The van der Waals surface area contributed by atoms with Crippen molar-refractivity contribution in [3.8, 4) is 5.75 Å². The second-order valence-electron chi connectivity index (χ2n) is 4.37. The molecular weight excluding hydrogens is 282 g/mol. The van der Waals surface area contributed by atoms with Crippen molar-refractivity contribution >= 4 is 15.9 Å². The molecule has 0 amide bonds. The van der Waals surface area contributed by atoms with E-state index in [1.54, 1.807) is 7.11 Å². The van der Waals surface area contributed by atoms with Crippen LogP contribution in [0.1, 0.15) is 24.4 Å². The van der Waals surface area contributed by atoms with Crippen LogP contribution in [0.2, 0.25) is 0 Å². The minimum Gasteiger partial charge on any atom is -0.496 e. The van der Waals surface area contributed by atoms with Crippen LogP contribution < -0.4 is 10.5 Å². The Morgan fingerprint density at radius 3 is 2.71 bits per heavy atom. The molecule has 1 aliphatic rings. The van der Waals surface area contributed by atoms with E-state index in [-0.39, 0.29) is 6.04 Å². The molecule has 2 rings (SSSR count). The largest absolute Gasteiger partial charge is 0.496 e. The van der Waals surface area contributed by atoms with Gasteiger partial charge in [0.25, 0.3) is 0 Å². The highest BCUT2D eigenvalue weighted by atomic mass is 79.9. The van der Waals surface area contributed by atoms with E-state index in [0.29, 0.717) is 5.92 Å². The Kier molecular flexibility index (Phi) is 4.42. The summed E-state index contributed by atoms with van der Waals surface area (Å²) in [5, 5.41) is 0. The molecule has 0 spiro atoms. The summed E-state index contributed by atoms with van der Waals surface area (Å²) in [6.07, 6.45) is 2.09. The second-order valence-corrected chi connectivity index (χ2v) is 5.22. The van der Waals surface area contributed by atoms with Crippen LogP contribution >= 0.6 is 15.9 Å². The van der Waals surface area contributed by atoms with Crippen LogP contribution in [0.3, 0.4) is 0 Å². The average Bonchev–Trinajstić information content (AvgIpc) is 2.39. The molecule has 0 bridgehead atoms. The van der Waals surface area contributed by atoms with E-state index in [9.17, 15) is 0 Å². The fraction of sp³-hybridized carbons (Fsp3) is 0.538. The van der Waals surface area contributed by atoms with Gasteiger partial charge in [0.05, 0.1) is 11.6 Å². The van der Waals surface area contributed by atoms with Crippen LogP contribution in [0.15, 0.2) is 22.7 Å². The van der Waals surface area contributed by atoms with Gasteiger partial charge in [0.1, 0.15) is 5.75 Å². The number of nitrogens with two attached hydrogens (primary N) is 1. The maximum absolute atomic E-state index is 6.31. The summed E-state index contributed by atoms with van der Waals surface area (Å²) >= 11 is 3.49. The Morgan fingerprint density at radius 2 is 2.12 bits per heavy atom. The molecule has 2 N–H and O–H groups in total. The van der Waals surface area contributed by atoms with Crippen LogP contribution in [0, 0.1) is 5.92 Å². The van der Waals surface area contributed by atoms with Gasteiger partial charge in [0.2, 0.25) is 0 Å². The fourth-order valence-corrected chi connectivity index (χ4v) is 2.80. The topological polar surface area (TPSA) is 44.5 Å². The van der Waals surface area contributed by atoms with Crippen LogP contribution in [-0.4, -0.2) is 20.3 Å². The van der Waals surface area contributed by atoms with E-state index in [0.717, 1.165) is 41.8 Å². The Bertz CT molecular complexity index is 378. The van der Waals surface area contributed by atoms with Crippen molar-refractivity contribution in [2.24, 2.45) is 11.7 Å². The van der Waals surface area contributed by atoms with E-state index >= 15 is 0 Å². The summed E-state index contributed by atoms with van der Waals surface area (Å²) in [4.78, 5) is 0. The van der Waals surface area contributed by atoms with Gasteiger partial charge in [-0.05, 0) is 52.4 Å². The first-order valence-electron chi connectivity index (χ1n) is 5.89. The molecule has 1 heterocycles. The third kappa shape index (κ3) is 3.00. The first-order valence-corrected chi connectivity index (χ1v) is 6.68. The zero-order valence-electron chi connectivity index (χ0n) is 9.99. The highest BCUT2D eigenvalue weighted by molar-refractivity contribution is 9.10. The molecule has 0 unspecified atom stereocenters. The first-order chi connectivity index (χ1) is 8.22. The minimum atomic E-state index is 0.0844. The highest BCUT2D eigenvalue weighted by Gasteiger charge is 2.22. The second kappa shape index (κ2) is 5.85. The molecule has 0 aliphatic carbocycles. The van der Waals surface area contributed by atoms with Gasteiger partial charge in [-0.25, -0.2) is 0 Å². The highest BCUT2D eigenvalue weighted by Crippen LogP contribution is 2.32. The molecule has 3 nitrogen and oxygen atoms in total. The number of hydrogen-bond acceptors (Lipinski definition) is 3. The predicted octanol–water partition coefficient (Wildman–Crippen LogP) is 2.88. The van der Waals surface area contributed by atoms with Crippen molar-refractivity contribution in [1.29, 1.82) is 0 Å². The normalized spacial score (nSPS) is 19.0. The van der Waals surface area contributed by atoms with Crippen molar-refractivity contribution in [3.63, 3.8) is 0 Å². The lowest BCUT2D eigenvalue weighted by atomic mass is 9.88. The number of ether oxygens (including phenoxy) is 2. The Labute approximate surface area is 110 Å². The summed E-state index contributed by atoms with van der Waals surface area (Å²) in [6.45, 7) is 1.66. The molecule has 0 saturated carbocycles. The molecule has 0 aromatic heterocycles. The molecule has 0 radical (unpaired) electrons. The first kappa shape index (κ1) is 12.9. The Balaban J connectivity index is 2.12. The molecule has 94 valence electrons. The van der Waals surface area contributed by atoms with Gasteiger partial charge >= 0.3 is 0 Å². The van der Waals surface area contributed by atoms with Gasteiger partial charge in [-0.3, -0.25) is 0 Å². The van der Waals surface area contributed by atoms with E-state index in [2.05, 4.69) is 22.0 Å². The van der Waals surface area contributed by atoms with Gasteiger partial charge in [-0.1, -0.05) is 6.07 Å². The summed E-state index contributed by atoms with van der Waals surface area (Å²) < 4.78 is 11.5. The SMILES string of the molecule is COc1ccc([C@H](N)C2CCOCC2)cc1Br. The number of halogens is 1. The van der Waals surface area contributed by atoms with Crippen LogP contribution in [-0.2, 0) is 4.74 Å². The molecule has 1 atom stereocenters. The van der Waals surface area contributed by atoms with Crippen molar-refractivity contribution in [3.05, 3.63) is 28.2 Å². The standard InChI is InChI=1S/C13H18BrNO2/c1-16-12-3-2-10(8-11(12)14)13(15)9-4-6-17-7-5-9/h2-3,8-9,13H,4-7,15H2,1H3/t13-/m1/s1. The average molecular weight is 300 g/mol. The van der Waals surface area contributed by atoms with Crippen LogP contribution in [0.5, 0.6) is 5.75 Å². The van der Waals surface area contributed by atoms with Gasteiger partial charge < -0.3 is 15.2 Å². The Hall–Kier alpha value is -0.580. The molecular formula is C13H18BrNO2. The van der Waals surface area contributed by atoms with E-state index in [1.807, 2.05) is 12.1 Å². The van der Waals surface area contributed by atoms with Crippen molar-refractivity contribution in [1.82, 2.24) is 0 Å². The molecule has 1 aliphatic heterocycles. The monoisotopic (exact) mass is 299 g/mol. The quantitative estimate of drug-likeness (QED) is 0.933. The number of methoxy groups -OCH3 is 1. The molecule has 1 aromatic carbocycles. The maximum Gasteiger partial charge on any atom is 0.133 e. The maximum atomic E-state index is 6.31. The molecule has 1 aromatic rings. The molecule has 4 heteroatoms. The van der Waals surface area contributed by atoms with Crippen LogP contribution in [0.25, 0.3) is 0 Å². The van der Waals surface area contributed by atoms with Gasteiger partial charge in [-0.2, -0.15) is 0 Å². The van der Waals surface area contributed by atoms with Crippen molar-refractivity contribution in [2.75, 3.05) is 20.3 Å². The molecule has 1 fully saturated rings. The third-order valence-corrected chi connectivity index (χ3v) is 3.95. The van der Waals surface area contributed by atoms with Gasteiger partial charge in [0, 0.05) is 19.3 Å². The molecule has 17 heavy (non-hydrogen) atoms. The number of hydrogen-bond donors (Lipinski definition) is 1. The third-order valence-electron chi connectivity index (χ3n) is 3.33.